The van der Waals surface area contributed by atoms with Gasteiger partial charge in [-0.3, -0.25) is 0 Å². The Balaban J connectivity index is 1.98. The van der Waals surface area contributed by atoms with E-state index in [2.05, 4.69) is 15.3 Å². The number of aromatic nitrogens is 2. The topological polar surface area (TPSA) is 51.0 Å². The van der Waals surface area contributed by atoms with Gasteiger partial charge < -0.3 is 9.73 Å². The zero-order valence-corrected chi connectivity index (χ0v) is 8.89. The summed E-state index contributed by atoms with van der Waals surface area (Å²) in [6.45, 7) is 4.43. The fourth-order valence-electron chi connectivity index (χ4n) is 1.08. The summed E-state index contributed by atoms with van der Waals surface area (Å²) in [5, 5.41) is 5.95. The third kappa shape index (κ3) is 1.93. The number of hydrogen-bond acceptors (Lipinski definition) is 5. The highest BCUT2D eigenvalue weighted by Gasteiger charge is 2.05. The summed E-state index contributed by atoms with van der Waals surface area (Å²) in [5.74, 6) is 1.58. The molecule has 0 saturated carbocycles. The maximum atomic E-state index is 5.42. The van der Waals surface area contributed by atoms with Crippen molar-refractivity contribution in [3.8, 4) is 0 Å². The van der Waals surface area contributed by atoms with Gasteiger partial charge in [-0.15, -0.1) is 11.3 Å². The second-order valence-corrected chi connectivity index (χ2v) is 3.83. The molecular formula is C9H11N3OS. The lowest BCUT2D eigenvalue weighted by molar-refractivity contribution is 0.478. The number of oxazole rings is 1. The molecule has 0 aliphatic carbocycles. The smallest absolute Gasteiger partial charge is 0.214 e. The Morgan fingerprint density at radius 3 is 2.93 bits per heavy atom. The van der Waals surface area contributed by atoms with E-state index in [1.165, 1.54) is 0 Å². The molecule has 0 atom stereocenters. The molecular weight excluding hydrogens is 198 g/mol. The van der Waals surface area contributed by atoms with Crippen LogP contribution in [0.5, 0.6) is 0 Å². The molecule has 0 aromatic carbocycles. The first-order valence-corrected chi connectivity index (χ1v) is 5.20. The maximum absolute atomic E-state index is 5.42. The van der Waals surface area contributed by atoms with E-state index in [-0.39, 0.29) is 0 Å². The van der Waals surface area contributed by atoms with E-state index in [0.29, 0.717) is 12.4 Å². The van der Waals surface area contributed by atoms with Crippen LogP contribution in [0, 0.1) is 13.8 Å². The fraction of sp³-hybridized carbons (Fsp3) is 0.333. The summed E-state index contributed by atoms with van der Waals surface area (Å²) in [4.78, 5) is 8.36. The van der Waals surface area contributed by atoms with Crippen LogP contribution in [0.1, 0.15) is 17.3 Å². The van der Waals surface area contributed by atoms with Gasteiger partial charge in [-0.2, -0.15) is 0 Å². The standard InChI is InChI=1S/C9H11N3OS/c1-6-7(2)13-8(12-6)5-11-9-10-3-4-14-9/h3-4H,5H2,1-2H3,(H,10,11). The molecule has 0 aliphatic heterocycles. The molecule has 4 nitrogen and oxygen atoms in total. The van der Waals surface area contributed by atoms with Crippen LogP contribution in [0.15, 0.2) is 16.0 Å². The number of aryl methyl sites for hydroxylation is 2. The van der Waals surface area contributed by atoms with E-state index in [1.54, 1.807) is 17.5 Å². The molecule has 0 aliphatic rings. The first-order chi connectivity index (χ1) is 6.75. The minimum atomic E-state index is 0.586. The van der Waals surface area contributed by atoms with Gasteiger partial charge in [-0.1, -0.05) is 0 Å². The summed E-state index contributed by atoms with van der Waals surface area (Å²) in [6.07, 6.45) is 1.76. The number of rotatable bonds is 3. The van der Waals surface area contributed by atoms with Crippen molar-refractivity contribution in [3.05, 3.63) is 28.9 Å². The highest BCUT2D eigenvalue weighted by Crippen LogP contribution is 2.13. The number of nitrogens with zero attached hydrogens (tertiary/aromatic N) is 2. The number of thiazole rings is 1. The Labute approximate surface area is 86.0 Å². The summed E-state index contributed by atoms with van der Waals surface area (Å²) >= 11 is 1.56. The molecule has 2 rings (SSSR count). The van der Waals surface area contributed by atoms with E-state index in [4.69, 9.17) is 4.42 Å². The molecule has 0 saturated heterocycles. The number of hydrogen-bond donors (Lipinski definition) is 1. The van der Waals surface area contributed by atoms with Crippen molar-refractivity contribution < 1.29 is 4.42 Å². The summed E-state index contributed by atoms with van der Waals surface area (Å²) in [6, 6.07) is 0. The van der Waals surface area contributed by atoms with Crippen molar-refractivity contribution in [2.45, 2.75) is 20.4 Å². The minimum absolute atomic E-state index is 0.586. The third-order valence-corrected chi connectivity index (χ3v) is 2.63. The van der Waals surface area contributed by atoms with Crippen LogP contribution < -0.4 is 5.32 Å². The quantitative estimate of drug-likeness (QED) is 0.843. The minimum Gasteiger partial charge on any atom is -0.444 e. The Bertz CT molecular complexity index is 388. The molecule has 0 radical (unpaired) electrons. The molecule has 74 valence electrons. The Morgan fingerprint density at radius 2 is 2.36 bits per heavy atom. The SMILES string of the molecule is Cc1nc(CNc2nccs2)oc1C. The summed E-state index contributed by atoms with van der Waals surface area (Å²) in [5.41, 5.74) is 0.945. The average Bonchev–Trinajstić information content (AvgIpc) is 2.74. The largest absolute Gasteiger partial charge is 0.444 e. The molecule has 14 heavy (non-hydrogen) atoms. The van der Waals surface area contributed by atoms with Crippen molar-refractivity contribution >= 4 is 16.5 Å². The van der Waals surface area contributed by atoms with Crippen molar-refractivity contribution in [1.82, 2.24) is 9.97 Å². The van der Waals surface area contributed by atoms with Gasteiger partial charge in [0, 0.05) is 11.6 Å². The van der Waals surface area contributed by atoms with Crippen molar-refractivity contribution in [2.24, 2.45) is 0 Å². The zero-order chi connectivity index (χ0) is 9.97. The lowest BCUT2D eigenvalue weighted by atomic mass is 10.4. The predicted molar refractivity (Wildman–Crippen MR) is 55.4 cm³/mol. The lowest BCUT2D eigenvalue weighted by Crippen LogP contribution is -1.98. The molecule has 2 heterocycles. The van der Waals surface area contributed by atoms with Crippen LogP contribution in [-0.2, 0) is 6.54 Å². The molecule has 0 spiro atoms. The van der Waals surface area contributed by atoms with Crippen molar-refractivity contribution in [2.75, 3.05) is 5.32 Å². The molecule has 5 heteroatoms. The lowest BCUT2D eigenvalue weighted by Gasteiger charge is -1.96. The Hall–Kier alpha value is -1.36. The molecule has 0 unspecified atom stereocenters. The molecule has 0 fully saturated rings. The van der Waals surface area contributed by atoms with Gasteiger partial charge in [-0.05, 0) is 13.8 Å². The second-order valence-electron chi connectivity index (χ2n) is 2.94. The maximum Gasteiger partial charge on any atom is 0.214 e. The highest BCUT2D eigenvalue weighted by molar-refractivity contribution is 7.13. The zero-order valence-electron chi connectivity index (χ0n) is 8.07. The van der Waals surface area contributed by atoms with Gasteiger partial charge in [0.2, 0.25) is 5.89 Å². The van der Waals surface area contributed by atoms with E-state index in [9.17, 15) is 0 Å². The number of anilines is 1. The van der Waals surface area contributed by atoms with Crippen LogP contribution in [0.3, 0.4) is 0 Å². The van der Waals surface area contributed by atoms with Crippen LogP contribution in [0.25, 0.3) is 0 Å². The first-order valence-electron chi connectivity index (χ1n) is 4.32. The van der Waals surface area contributed by atoms with E-state index in [1.807, 2.05) is 19.2 Å². The van der Waals surface area contributed by atoms with Gasteiger partial charge >= 0.3 is 0 Å². The monoisotopic (exact) mass is 209 g/mol. The van der Waals surface area contributed by atoms with E-state index >= 15 is 0 Å². The normalized spacial score (nSPS) is 10.4. The summed E-state index contributed by atoms with van der Waals surface area (Å²) in [7, 11) is 0. The third-order valence-electron chi connectivity index (χ3n) is 1.90. The molecule has 0 bridgehead atoms. The molecule has 2 aromatic rings. The van der Waals surface area contributed by atoms with Crippen LogP contribution in [-0.4, -0.2) is 9.97 Å². The molecule has 2 aromatic heterocycles. The first kappa shape index (κ1) is 9.21. The van der Waals surface area contributed by atoms with Crippen LogP contribution >= 0.6 is 11.3 Å². The van der Waals surface area contributed by atoms with Crippen LogP contribution in [0.2, 0.25) is 0 Å². The molecule has 1 N–H and O–H groups in total. The average molecular weight is 209 g/mol. The van der Waals surface area contributed by atoms with Gasteiger partial charge in [0.15, 0.2) is 5.13 Å². The molecule has 0 amide bonds. The van der Waals surface area contributed by atoms with E-state index in [0.717, 1.165) is 16.6 Å². The predicted octanol–water partition coefficient (Wildman–Crippen LogP) is 2.36. The van der Waals surface area contributed by atoms with Gasteiger partial charge in [-0.25, -0.2) is 9.97 Å². The van der Waals surface area contributed by atoms with E-state index < -0.39 is 0 Å². The van der Waals surface area contributed by atoms with Gasteiger partial charge in [0.1, 0.15) is 5.76 Å². The second kappa shape index (κ2) is 3.79. The Kier molecular flexibility index (Phi) is 2.49. The van der Waals surface area contributed by atoms with Crippen LogP contribution in [0.4, 0.5) is 5.13 Å². The summed E-state index contributed by atoms with van der Waals surface area (Å²) < 4.78 is 5.42. The fourth-order valence-corrected chi connectivity index (χ4v) is 1.60. The highest BCUT2D eigenvalue weighted by atomic mass is 32.1. The number of nitrogens with one attached hydrogen (secondary N) is 1. The van der Waals surface area contributed by atoms with Gasteiger partial charge in [0.05, 0.1) is 12.2 Å². The van der Waals surface area contributed by atoms with Gasteiger partial charge in [0.25, 0.3) is 0 Å². The van der Waals surface area contributed by atoms with Crippen molar-refractivity contribution in [3.63, 3.8) is 0 Å². The van der Waals surface area contributed by atoms with Crippen molar-refractivity contribution in [1.29, 1.82) is 0 Å². The Morgan fingerprint density at radius 1 is 1.50 bits per heavy atom.